The lowest BCUT2D eigenvalue weighted by Gasteiger charge is -2.28. The second-order valence-corrected chi connectivity index (χ2v) is 5.26. The molecular formula is C15H23FN2. The summed E-state index contributed by atoms with van der Waals surface area (Å²) in [5, 5.41) is 3.40. The van der Waals surface area contributed by atoms with Crippen LogP contribution in [0.5, 0.6) is 0 Å². The maximum atomic E-state index is 14.0. The molecule has 0 heterocycles. The fourth-order valence-electron chi connectivity index (χ4n) is 2.10. The molecule has 0 bridgehead atoms. The molecule has 1 N–H and O–H groups in total. The van der Waals surface area contributed by atoms with Crippen LogP contribution >= 0.6 is 0 Å². The van der Waals surface area contributed by atoms with Crippen molar-refractivity contribution in [1.82, 2.24) is 5.32 Å². The molecule has 1 aromatic carbocycles. The molecule has 0 aliphatic heterocycles. The highest BCUT2D eigenvalue weighted by atomic mass is 19.1. The molecule has 1 unspecified atom stereocenters. The smallest absolute Gasteiger partial charge is 0.129 e. The molecule has 2 nitrogen and oxygen atoms in total. The standard InChI is InChI=1S/C15H23FN2/c1-4-11(2)18(3)15-7-5-6-14(16)13(15)10-17-12-8-9-12/h5-7,11-12,17H,4,8-10H2,1-3H3. The van der Waals surface area contributed by atoms with Gasteiger partial charge in [-0.25, -0.2) is 4.39 Å². The van der Waals surface area contributed by atoms with Crippen LogP contribution in [0.25, 0.3) is 0 Å². The van der Waals surface area contributed by atoms with Gasteiger partial charge >= 0.3 is 0 Å². The van der Waals surface area contributed by atoms with Gasteiger partial charge in [0.1, 0.15) is 5.82 Å². The average molecular weight is 250 g/mol. The third kappa shape index (κ3) is 3.02. The first-order valence-electron chi connectivity index (χ1n) is 6.87. The van der Waals surface area contributed by atoms with Crippen molar-refractivity contribution in [2.45, 2.75) is 51.7 Å². The fourth-order valence-corrected chi connectivity index (χ4v) is 2.10. The van der Waals surface area contributed by atoms with E-state index in [-0.39, 0.29) is 5.82 Å². The van der Waals surface area contributed by atoms with Gasteiger partial charge in [-0.05, 0) is 38.3 Å². The van der Waals surface area contributed by atoms with Crippen LogP contribution in [0.1, 0.15) is 38.7 Å². The maximum absolute atomic E-state index is 14.0. The van der Waals surface area contributed by atoms with Gasteiger partial charge < -0.3 is 10.2 Å². The predicted octanol–water partition coefficient (Wildman–Crippen LogP) is 3.31. The van der Waals surface area contributed by atoms with Crippen molar-refractivity contribution in [2.75, 3.05) is 11.9 Å². The van der Waals surface area contributed by atoms with Gasteiger partial charge in [0.2, 0.25) is 0 Å². The van der Waals surface area contributed by atoms with E-state index in [0.29, 0.717) is 18.6 Å². The van der Waals surface area contributed by atoms with Crippen molar-refractivity contribution in [1.29, 1.82) is 0 Å². The minimum Gasteiger partial charge on any atom is -0.372 e. The van der Waals surface area contributed by atoms with Gasteiger partial charge in [-0.2, -0.15) is 0 Å². The van der Waals surface area contributed by atoms with Gasteiger partial charge in [0, 0.05) is 36.9 Å². The van der Waals surface area contributed by atoms with Gasteiger partial charge in [0.25, 0.3) is 0 Å². The van der Waals surface area contributed by atoms with Crippen molar-refractivity contribution in [3.8, 4) is 0 Å². The third-order valence-corrected chi connectivity index (χ3v) is 3.87. The predicted molar refractivity (Wildman–Crippen MR) is 74.4 cm³/mol. The average Bonchev–Trinajstić information content (AvgIpc) is 3.19. The highest BCUT2D eigenvalue weighted by Gasteiger charge is 2.22. The molecule has 0 amide bonds. The first-order valence-corrected chi connectivity index (χ1v) is 6.87. The van der Waals surface area contributed by atoms with Crippen molar-refractivity contribution in [3.05, 3.63) is 29.6 Å². The molecule has 1 fully saturated rings. The number of nitrogens with zero attached hydrogens (tertiary/aromatic N) is 1. The molecule has 100 valence electrons. The van der Waals surface area contributed by atoms with Crippen molar-refractivity contribution in [2.24, 2.45) is 0 Å². The molecule has 1 saturated carbocycles. The monoisotopic (exact) mass is 250 g/mol. The molecule has 1 atom stereocenters. The van der Waals surface area contributed by atoms with Crippen LogP contribution in [0.2, 0.25) is 0 Å². The zero-order chi connectivity index (χ0) is 13.1. The number of hydrogen-bond acceptors (Lipinski definition) is 2. The van der Waals surface area contributed by atoms with E-state index in [0.717, 1.165) is 17.7 Å². The second-order valence-electron chi connectivity index (χ2n) is 5.26. The SMILES string of the molecule is CCC(C)N(C)c1cccc(F)c1CNC1CC1. The normalized spacial score (nSPS) is 16.7. The summed E-state index contributed by atoms with van der Waals surface area (Å²) in [5.41, 5.74) is 1.81. The Balaban J connectivity index is 2.18. The lowest BCUT2D eigenvalue weighted by atomic mass is 10.1. The summed E-state index contributed by atoms with van der Waals surface area (Å²) in [6.45, 7) is 4.96. The molecule has 18 heavy (non-hydrogen) atoms. The Morgan fingerprint density at radius 3 is 2.78 bits per heavy atom. The molecule has 1 aliphatic rings. The Kier molecular flexibility index (Phi) is 4.23. The van der Waals surface area contributed by atoms with E-state index in [1.165, 1.54) is 12.8 Å². The Morgan fingerprint density at radius 1 is 1.44 bits per heavy atom. The van der Waals surface area contributed by atoms with E-state index in [2.05, 4.69) is 24.1 Å². The number of anilines is 1. The number of rotatable bonds is 6. The minimum absolute atomic E-state index is 0.101. The lowest BCUT2D eigenvalue weighted by molar-refractivity contribution is 0.580. The zero-order valence-corrected chi connectivity index (χ0v) is 11.5. The topological polar surface area (TPSA) is 15.3 Å². The molecule has 1 aliphatic carbocycles. The fraction of sp³-hybridized carbons (Fsp3) is 0.600. The minimum atomic E-state index is -0.101. The van der Waals surface area contributed by atoms with Gasteiger partial charge in [0.05, 0.1) is 0 Å². The quantitative estimate of drug-likeness (QED) is 0.833. The summed E-state index contributed by atoms with van der Waals surface area (Å²) in [6, 6.07) is 6.39. The van der Waals surface area contributed by atoms with Crippen LogP contribution < -0.4 is 10.2 Å². The molecular weight excluding hydrogens is 227 g/mol. The van der Waals surface area contributed by atoms with Gasteiger partial charge in [0.15, 0.2) is 0 Å². The Morgan fingerprint density at radius 2 is 2.17 bits per heavy atom. The molecule has 1 aromatic rings. The van der Waals surface area contributed by atoms with E-state index >= 15 is 0 Å². The van der Waals surface area contributed by atoms with Gasteiger partial charge in [-0.1, -0.05) is 13.0 Å². The first kappa shape index (κ1) is 13.3. The van der Waals surface area contributed by atoms with Crippen molar-refractivity contribution >= 4 is 5.69 Å². The summed E-state index contributed by atoms with van der Waals surface area (Å²) in [5.74, 6) is -0.101. The van der Waals surface area contributed by atoms with Crippen LogP contribution in [-0.2, 0) is 6.54 Å². The van der Waals surface area contributed by atoms with Crippen LogP contribution in [0, 0.1) is 5.82 Å². The number of nitrogens with one attached hydrogen (secondary N) is 1. The Hall–Kier alpha value is -1.09. The molecule has 0 saturated heterocycles. The summed E-state index contributed by atoms with van der Waals surface area (Å²) in [7, 11) is 2.05. The molecule has 2 rings (SSSR count). The van der Waals surface area contributed by atoms with E-state index < -0.39 is 0 Å². The second kappa shape index (κ2) is 5.70. The molecule has 0 aromatic heterocycles. The first-order chi connectivity index (χ1) is 8.63. The zero-order valence-electron chi connectivity index (χ0n) is 11.5. The summed E-state index contributed by atoms with van der Waals surface area (Å²) >= 11 is 0. The molecule has 0 spiro atoms. The summed E-state index contributed by atoms with van der Waals surface area (Å²) in [6.07, 6.45) is 3.51. The summed E-state index contributed by atoms with van der Waals surface area (Å²) in [4.78, 5) is 2.17. The summed E-state index contributed by atoms with van der Waals surface area (Å²) < 4.78 is 14.0. The largest absolute Gasteiger partial charge is 0.372 e. The van der Waals surface area contributed by atoms with E-state index in [1.807, 2.05) is 13.1 Å². The van der Waals surface area contributed by atoms with Crippen LogP contribution in [-0.4, -0.2) is 19.1 Å². The lowest BCUT2D eigenvalue weighted by Crippen LogP contribution is -2.30. The van der Waals surface area contributed by atoms with Crippen molar-refractivity contribution in [3.63, 3.8) is 0 Å². The van der Waals surface area contributed by atoms with Crippen LogP contribution in [0.3, 0.4) is 0 Å². The van der Waals surface area contributed by atoms with E-state index in [1.54, 1.807) is 12.1 Å². The van der Waals surface area contributed by atoms with Gasteiger partial charge in [-0.3, -0.25) is 0 Å². The van der Waals surface area contributed by atoms with Crippen molar-refractivity contribution < 1.29 is 4.39 Å². The van der Waals surface area contributed by atoms with Crippen LogP contribution in [0.15, 0.2) is 18.2 Å². The van der Waals surface area contributed by atoms with Gasteiger partial charge in [-0.15, -0.1) is 0 Å². The Labute approximate surface area is 109 Å². The van der Waals surface area contributed by atoms with Crippen LogP contribution in [0.4, 0.5) is 10.1 Å². The maximum Gasteiger partial charge on any atom is 0.129 e. The van der Waals surface area contributed by atoms with E-state index in [4.69, 9.17) is 0 Å². The number of halogens is 1. The molecule has 0 radical (unpaired) electrons. The molecule has 3 heteroatoms. The van der Waals surface area contributed by atoms with E-state index in [9.17, 15) is 4.39 Å². The third-order valence-electron chi connectivity index (χ3n) is 3.87. The Bertz CT molecular complexity index is 401. The number of benzene rings is 1. The number of hydrogen-bond donors (Lipinski definition) is 1. The highest BCUT2D eigenvalue weighted by molar-refractivity contribution is 5.54. The highest BCUT2D eigenvalue weighted by Crippen LogP contribution is 2.26.